The van der Waals surface area contributed by atoms with E-state index >= 15 is 0 Å². The van der Waals surface area contributed by atoms with Gasteiger partial charge >= 0.3 is 5.97 Å². The fraction of sp³-hybridized carbons (Fsp3) is 0.562. The lowest BCUT2D eigenvalue weighted by atomic mass is 9.98. The highest BCUT2D eigenvalue weighted by molar-refractivity contribution is 7.89. The fourth-order valence-electron chi connectivity index (χ4n) is 2.41. The van der Waals surface area contributed by atoms with E-state index in [-0.39, 0.29) is 17.4 Å². The van der Waals surface area contributed by atoms with Gasteiger partial charge in [-0.1, -0.05) is 13.8 Å². The lowest BCUT2D eigenvalue weighted by molar-refractivity contribution is -0.142. The molecule has 0 heterocycles. The molecule has 0 amide bonds. The van der Waals surface area contributed by atoms with Crippen LogP contribution in [-0.4, -0.2) is 33.1 Å². The zero-order valence-corrected chi connectivity index (χ0v) is 15.0. The number of hydrogen-bond donors (Lipinski definition) is 2. The van der Waals surface area contributed by atoms with E-state index in [1.54, 1.807) is 19.9 Å². The average Bonchev–Trinajstić information content (AvgIpc) is 2.45. The van der Waals surface area contributed by atoms with Crippen LogP contribution in [0.15, 0.2) is 17.0 Å². The molecule has 7 heteroatoms. The number of aliphatic carboxylic acids is 1. The number of benzene rings is 1. The molecule has 0 aliphatic heterocycles. The third kappa shape index (κ3) is 4.94. The Hall–Kier alpha value is -1.60. The van der Waals surface area contributed by atoms with Crippen molar-refractivity contribution in [3.05, 3.63) is 23.3 Å². The Kier molecular flexibility index (Phi) is 6.58. The first-order valence-electron chi connectivity index (χ1n) is 7.46. The Bertz CT molecular complexity index is 667. The summed E-state index contributed by atoms with van der Waals surface area (Å²) in [6.45, 7) is 7.17. The highest BCUT2D eigenvalue weighted by Crippen LogP contribution is 2.26. The van der Waals surface area contributed by atoms with E-state index in [0.717, 1.165) is 5.56 Å². The number of carboxylic acid groups (broad SMARTS) is 1. The zero-order valence-electron chi connectivity index (χ0n) is 14.2. The second-order valence-corrected chi connectivity index (χ2v) is 7.77. The number of carbonyl (C=O) groups is 1. The first kappa shape index (κ1) is 19.4. The minimum atomic E-state index is -3.77. The van der Waals surface area contributed by atoms with Crippen molar-refractivity contribution >= 4 is 16.0 Å². The van der Waals surface area contributed by atoms with Crippen LogP contribution < -0.4 is 9.46 Å². The smallest absolute Gasteiger partial charge is 0.307 e. The maximum absolute atomic E-state index is 12.5. The number of hydrogen-bond acceptors (Lipinski definition) is 4. The maximum Gasteiger partial charge on any atom is 0.307 e. The van der Waals surface area contributed by atoms with E-state index in [0.29, 0.717) is 17.7 Å². The Morgan fingerprint density at radius 1 is 1.26 bits per heavy atom. The van der Waals surface area contributed by atoms with Gasteiger partial charge < -0.3 is 9.84 Å². The summed E-state index contributed by atoms with van der Waals surface area (Å²) in [5, 5.41) is 9.21. The minimum Gasteiger partial charge on any atom is -0.496 e. The summed E-state index contributed by atoms with van der Waals surface area (Å²) in [4.78, 5) is 11.4. The standard InChI is InChI=1S/C16H25NO5S/c1-10(2)8-13(16(18)19)9-17-23(20,21)15-7-6-14(22-5)11(3)12(15)4/h6-7,10,13,17H,8-9H2,1-5H3,(H,18,19). The molecule has 1 aromatic carbocycles. The van der Waals surface area contributed by atoms with Gasteiger partial charge in [0, 0.05) is 6.54 Å². The Labute approximate surface area is 137 Å². The van der Waals surface area contributed by atoms with E-state index < -0.39 is 21.9 Å². The summed E-state index contributed by atoms with van der Waals surface area (Å²) in [6.07, 6.45) is 0.415. The third-order valence-electron chi connectivity index (χ3n) is 3.82. The molecule has 0 aliphatic rings. The predicted molar refractivity (Wildman–Crippen MR) is 88.2 cm³/mol. The zero-order chi connectivity index (χ0) is 17.8. The molecule has 0 saturated heterocycles. The van der Waals surface area contributed by atoms with Gasteiger partial charge in [-0.05, 0) is 49.4 Å². The van der Waals surface area contributed by atoms with Crippen LogP contribution in [0.1, 0.15) is 31.4 Å². The predicted octanol–water partition coefficient (Wildman–Crippen LogP) is 2.34. The maximum atomic E-state index is 12.5. The molecule has 2 N–H and O–H groups in total. The molecule has 1 atom stereocenters. The molecule has 1 aromatic rings. The molecule has 130 valence electrons. The molecule has 0 fully saturated rings. The molecular weight excluding hydrogens is 318 g/mol. The van der Waals surface area contributed by atoms with E-state index in [2.05, 4.69) is 4.72 Å². The molecule has 1 rings (SSSR count). The normalized spacial score (nSPS) is 13.1. The molecule has 23 heavy (non-hydrogen) atoms. The summed E-state index contributed by atoms with van der Waals surface area (Å²) < 4.78 is 32.5. The van der Waals surface area contributed by atoms with Crippen molar-refractivity contribution in [2.24, 2.45) is 11.8 Å². The first-order chi connectivity index (χ1) is 10.6. The summed E-state index contributed by atoms with van der Waals surface area (Å²) in [5.74, 6) is -0.955. The van der Waals surface area contributed by atoms with Gasteiger partial charge in [0.1, 0.15) is 5.75 Å². The van der Waals surface area contributed by atoms with Crippen molar-refractivity contribution in [2.45, 2.75) is 39.0 Å². The van der Waals surface area contributed by atoms with Crippen LogP contribution in [0, 0.1) is 25.7 Å². The van der Waals surface area contributed by atoms with Crippen LogP contribution in [0.2, 0.25) is 0 Å². The molecule has 0 radical (unpaired) electrons. The van der Waals surface area contributed by atoms with Gasteiger partial charge in [0.05, 0.1) is 17.9 Å². The number of ether oxygens (including phenoxy) is 1. The van der Waals surface area contributed by atoms with Gasteiger partial charge in [0.15, 0.2) is 0 Å². The molecule has 1 unspecified atom stereocenters. The first-order valence-corrected chi connectivity index (χ1v) is 8.95. The van der Waals surface area contributed by atoms with Crippen LogP contribution in [0.4, 0.5) is 0 Å². The second kappa shape index (κ2) is 7.79. The minimum absolute atomic E-state index is 0.125. The van der Waals surface area contributed by atoms with Gasteiger partial charge in [0.25, 0.3) is 0 Å². The van der Waals surface area contributed by atoms with Crippen LogP contribution in [-0.2, 0) is 14.8 Å². The topological polar surface area (TPSA) is 92.7 Å². The largest absolute Gasteiger partial charge is 0.496 e. The van der Waals surface area contributed by atoms with Crippen molar-refractivity contribution in [3.63, 3.8) is 0 Å². The van der Waals surface area contributed by atoms with E-state index in [1.807, 2.05) is 13.8 Å². The van der Waals surface area contributed by atoms with Gasteiger partial charge in [-0.25, -0.2) is 13.1 Å². The molecule has 0 spiro atoms. The number of carboxylic acids is 1. The van der Waals surface area contributed by atoms with E-state index in [1.165, 1.54) is 13.2 Å². The molecule has 0 bridgehead atoms. The van der Waals surface area contributed by atoms with Crippen LogP contribution in [0.25, 0.3) is 0 Å². The molecule has 0 aromatic heterocycles. The SMILES string of the molecule is COc1ccc(S(=O)(=O)NCC(CC(C)C)C(=O)O)c(C)c1C. The van der Waals surface area contributed by atoms with Crippen LogP contribution in [0.3, 0.4) is 0 Å². The van der Waals surface area contributed by atoms with Gasteiger partial charge in [0.2, 0.25) is 10.0 Å². The highest BCUT2D eigenvalue weighted by atomic mass is 32.2. The molecule has 0 saturated carbocycles. The lowest BCUT2D eigenvalue weighted by Crippen LogP contribution is -2.34. The highest BCUT2D eigenvalue weighted by Gasteiger charge is 2.24. The van der Waals surface area contributed by atoms with Gasteiger partial charge in [-0.3, -0.25) is 4.79 Å². The van der Waals surface area contributed by atoms with Gasteiger partial charge in [-0.15, -0.1) is 0 Å². The Balaban J connectivity index is 3.00. The molecular formula is C16H25NO5S. The Morgan fingerprint density at radius 2 is 1.87 bits per heavy atom. The summed E-state index contributed by atoms with van der Waals surface area (Å²) in [5.41, 5.74) is 1.33. The number of nitrogens with one attached hydrogen (secondary N) is 1. The van der Waals surface area contributed by atoms with E-state index in [4.69, 9.17) is 4.74 Å². The van der Waals surface area contributed by atoms with Crippen LogP contribution >= 0.6 is 0 Å². The molecule has 6 nitrogen and oxygen atoms in total. The quantitative estimate of drug-likeness (QED) is 0.756. The summed E-state index contributed by atoms with van der Waals surface area (Å²) in [6, 6.07) is 3.07. The van der Waals surface area contributed by atoms with E-state index in [9.17, 15) is 18.3 Å². The van der Waals surface area contributed by atoms with Crippen molar-refractivity contribution < 1.29 is 23.1 Å². The molecule has 0 aliphatic carbocycles. The van der Waals surface area contributed by atoms with Crippen LogP contribution in [0.5, 0.6) is 5.75 Å². The second-order valence-electron chi connectivity index (χ2n) is 6.03. The number of sulfonamides is 1. The van der Waals surface area contributed by atoms with Gasteiger partial charge in [-0.2, -0.15) is 0 Å². The van der Waals surface area contributed by atoms with Crippen molar-refractivity contribution in [1.82, 2.24) is 4.72 Å². The number of methoxy groups -OCH3 is 1. The monoisotopic (exact) mass is 343 g/mol. The van der Waals surface area contributed by atoms with Crippen molar-refractivity contribution in [2.75, 3.05) is 13.7 Å². The van der Waals surface area contributed by atoms with Crippen molar-refractivity contribution in [1.29, 1.82) is 0 Å². The Morgan fingerprint density at radius 3 is 2.35 bits per heavy atom. The fourth-order valence-corrected chi connectivity index (χ4v) is 3.79. The van der Waals surface area contributed by atoms with Crippen molar-refractivity contribution in [3.8, 4) is 5.75 Å². The lowest BCUT2D eigenvalue weighted by Gasteiger charge is -2.17. The summed E-state index contributed by atoms with van der Waals surface area (Å²) in [7, 11) is -2.25. The average molecular weight is 343 g/mol. The summed E-state index contributed by atoms with van der Waals surface area (Å²) >= 11 is 0. The number of rotatable bonds is 8. The third-order valence-corrected chi connectivity index (χ3v) is 5.39.